The van der Waals surface area contributed by atoms with Gasteiger partial charge in [0.25, 0.3) is 0 Å². The Morgan fingerprint density at radius 2 is 0.854 bits per heavy atom. The van der Waals surface area contributed by atoms with E-state index >= 15 is 0 Å². The number of ketones is 3. The van der Waals surface area contributed by atoms with Crippen LogP contribution in [0.2, 0.25) is 0 Å². The standard InChI is InChI=1S/C40H60O12.C40H58O11/c1-19-11-27-7-9-30-20(2)12-26(47-30)6-5-23(42)15-35-36(45)39-40(52-35)37(46)38-31(51-39)10-8-28(49-38)13-24(43)14-29-22(4)32(16-25(44)18-41)50-34(29)17-33(48-27)21(19)3;1-19-11-25-5-7-29-20(2)12-27(44-29)9-10-40-17-34-36(50-40)37-38(49-34)39(51-40)35-30(48-37)8-6-26(46-35)13-23(42)14-28-22(4)31(15-24(43)18-41)47-33(28)16-32(45-25)21(19)3/h19,22,25-41,44-46H,2-3,5-18H2,1,4H3;19,22,24-39,41,43H,2-3,5-18H2,1,4H3/t19-,22-,25+,26+,27+,28?,29-,30?,31+,32-,33?,34+,35?,36+,37+,38+,39+,40+;19-,22-,24+,25+,26?,27?,28-,29?,30?,31-,32?,33+,34+,35?,36?,37+,38-,39+,40+/m11/s1. The molecule has 1 spiro atoms. The van der Waals surface area contributed by atoms with Crippen LogP contribution in [0.4, 0.5) is 0 Å². The van der Waals surface area contributed by atoms with Gasteiger partial charge in [0.05, 0.1) is 135 Å². The second kappa shape index (κ2) is 31.5. The summed E-state index contributed by atoms with van der Waals surface area (Å²) in [5, 5.41) is 62.5. The molecular weight excluding hydrogens is 1330 g/mol. The summed E-state index contributed by atoms with van der Waals surface area (Å²) in [5.41, 5.74) is 4.26. The molecule has 17 rings (SSSR count). The molecule has 17 saturated heterocycles. The summed E-state index contributed by atoms with van der Waals surface area (Å²) in [6.07, 6.45) is 3.80. The number of hydrogen-bond acceptors (Lipinski definition) is 23. The Balaban J connectivity index is 0.000000166. The SMILES string of the molecule is C=C1CC2CC[C@@]34C[C@@H]5O[C@H]6[C@@H](O3)C3OC(CCC3O[C@H]6C5O4)CC(=O)C[C@@H]3[C@@H](C)[C@@H](C[C@H](O)CO)O[C@H]3CC3O[C@@H](CCC1O2)C[C@@H](C)C3=C.C=C1C[C@@H]2CCC(=O)CC3O[C@H]4[C@@H](O)[C@H]5OC(CC[C@@H]5O[C@H]4[C@H]3O)CC(=O)C[C@@H]3[C@@H](C)[C@@H](C[C@H](O)CO)O[C@H]3CC3O[C@@H](CCC1O2)C[C@@H](C)C3=C. The zero-order chi connectivity index (χ0) is 72.0. The van der Waals surface area contributed by atoms with Gasteiger partial charge in [-0.15, -0.1) is 0 Å². The largest absolute Gasteiger partial charge is 0.394 e. The molecule has 20 bridgehead atoms. The molecular formula is C80H118O23. The summed E-state index contributed by atoms with van der Waals surface area (Å²) in [4.78, 5) is 40.9. The molecule has 0 amide bonds. The molecule has 17 aliphatic heterocycles. The van der Waals surface area contributed by atoms with Crippen LogP contribution in [0.25, 0.3) is 0 Å². The molecule has 17 fully saturated rings. The maximum absolute atomic E-state index is 14.0. The summed E-state index contributed by atoms with van der Waals surface area (Å²) < 4.78 is 92.3. The first-order valence-corrected chi connectivity index (χ1v) is 39.9. The average molecular weight is 1450 g/mol. The normalized spacial score (nSPS) is 50.8. The van der Waals surface area contributed by atoms with E-state index in [1.54, 1.807) is 0 Å². The van der Waals surface area contributed by atoms with Gasteiger partial charge in [-0.2, -0.15) is 0 Å². The second-order valence-electron chi connectivity index (χ2n) is 34.5. The minimum atomic E-state index is -1.08. The molecule has 576 valence electrons. The molecule has 23 heteroatoms. The molecule has 0 aromatic heterocycles. The molecule has 103 heavy (non-hydrogen) atoms. The maximum atomic E-state index is 14.0. The first-order valence-electron chi connectivity index (χ1n) is 39.9. The number of carbonyl (C=O) groups is 3. The molecule has 6 N–H and O–H groups in total. The van der Waals surface area contributed by atoms with Crippen molar-refractivity contribution in [2.24, 2.45) is 35.5 Å². The van der Waals surface area contributed by atoms with E-state index in [9.17, 15) is 45.0 Å². The number of hydrogen-bond donors (Lipinski definition) is 6. The number of aliphatic hydroxyl groups excluding tert-OH is 6. The Bertz CT molecular complexity index is 3070. The van der Waals surface area contributed by atoms with Gasteiger partial charge in [-0.1, -0.05) is 54.0 Å². The van der Waals surface area contributed by atoms with Gasteiger partial charge < -0.3 is 97.0 Å². The van der Waals surface area contributed by atoms with E-state index in [2.05, 4.69) is 54.0 Å². The highest BCUT2D eigenvalue weighted by Crippen LogP contribution is 2.55. The summed E-state index contributed by atoms with van der Waals surface area (Å²) >= 11 is 0. The Labute approximate surface area is 607 Å². The predicted octanol–water partition coefficient (Wildman–Crippen LogP) is 6.98. The fourth-order valence-electron chi connectivity index (χ4n) is 21.4. The van der Waals surface area contributed by atoms with Crippen molar-refractivity contribution in [2.75, 3.05) is 13.2 Å². The fraction of sp³-hybridized carbons (Fsp3) is 0.863. The van der Waals surface area contributed by atoms with Crippen molar-refractivity contribution in [2.45, 2.75) is 384 Å². The number of carbonyl (C=O) groups excluding carboxylic acids is 3. The van der Waals surface area contributed by atoms with Gasteiger partial charge in [-0.25, -0.2) is 0 Å². The summed E-state index contributed by atoms with van der Waals surface area (Å²) in [6, 6.07) is 0. The third-order valence-electron chi connectivity index (χ3n) is 27.4. The van der Waals surface area contributed by atoms with Crippen LogP contribution in [-0.4, -0.2) is 250 Å². The van der Waals surface area contributed by atoms with Gasteiger partial charge in [0.1, 0.15) is 78.4 Å². The van der Waals surface area contributed by atoms with Crippen LogP contribution in [0.5, 0.6) is 0 Å². The maximum Gasteiger partial charge on any atom is 0.172 e. The number of fused-ring (bicyclic) bond motifs is 13. The van der Waals surface area contributed by atoms with Gasteiger partial charge in [-0.3, -0.25) is 14.4 Å². The molecule has 23 nitrogen and oxygen atoms in total. The third-order valence-corrected chi connectivity index (χ3v) is 27.4. The highest BCUT2D eigenvalue weighted by atomic mass is 16.8. The molecule has 17 heterocycles. The summed E-state index contributed by atoms with van der Waals surface area (Å²) in [6.45, 7) is 25.5. The van der Waals surface area contributed by atoms with Gasteiger partial charge in [-0.05, 0) is 148 Å². The van der Waals surface area contributed by atoms with E-state index in [-0.39, 0.29) is 214 Å². The first-order chi connectivity index (χ1) is 49.4. The van der Waals surface area contributed by atoms with E-state index in [1.807, 2.05) is 0 Å². The summed E-state index contributed by atoms with van der Waals surface area (Å²) in [7, 11) is 0. The van der Waals surface area contributed by atoms with Crippen molar-refractivity contribution in [1.82, 2.24) is 0 Å². The molecule has 0 aromatic carbocycles. The van der Waals surface area contributed by atoms with Crippen molar-refractivity contribution >= 4 is 17.3 Å². The Morgan fingerprint density at radius 1 is 0.398 bits per heavy atom. The van der Waals surface area contributed by atoms with Crippen molar-refractivity contribution < 1.29 is 111 Å². The molecule has 11 unspecified atom stereocenters. The quantitative estimate of drug-likeness (QED) is 0.146. The highest BCUT2D eigenvalue weighted by molar-refractivity contribution is 5.80. The lowest BCUT2D eigenvalue weighted by atomic mass is 9.79. The van der Waals surface area contributed by atoms with Crippen LogP contribution in [0.15, 0.2) is 48.6 Å². The number of rotatable bonds is 6. The van der Waals surface area contributed by atoms with Crippen molar-refractivity contribution in [1.29, 1.82) is 0 Å². The van der Waals surface area contributed by atoms with E-state index in [0.29, 0.717) is 76.5 Å². The Morgan fingerprint density at radius 3 is 1.42 bits per heavy atom. The molecule has 0 aromatic rings. The Hall–Kier alpha value is -2.83. The van der Waals surface area contributed by atoms with Gasteiger partial charge in [0.15, 0.2) is 5.79 Å². The van der Waals surface area contributed by atoms with Crippen LogP contribution in [0.1, 0.15) is 195 Å². The first kappa shape index (κ1) is 75.6. The molecule has 0 aliphatic carbocycles. The smallest absolute Gasteiger partial charge is 0.172 e. The number of Topliss-reactive ketones (excluding diaryl/α,β-unsaturated/α-hetero) is 3. The lowest BCUT2D eigenvalue weighted by Crippen LogP contribution is -2.61. The molecule has 0 radical (unpaired) electrons. The summed E-state index contributed by atoms with van der Waals surface area (Å²) in [5.74, 6) is -0.318. The minimum Gasteiger partial charge on any atom is -0.394 e. The van der Waals surface area contributed by atoms with E-state index in [4.69, 9.17) is 66.3 Å². The van der Waals surface area contributed by atoms with Crippen LogP contribution in [-0.2, 0) is 80.7 Å². The predicted molar refractivity (Wildman–Crippen MR) is 370 cm³/mol. The van der Waals surface area contributed by atoms with Crippen molar-refractivity contribution in [3.05, 3.63) is 48.6 Å². The number of aliphatic hydroxyl groups is 6. The minimum absolute atomic E-state index is 0.00785. The zero-order valence-electron chi connectivity index (χ0n) is 61.0. The molecule has 0 saturated carbocycles. The molecule has 37 atom stereocenters. The van der Waals surface area contributed by atoms with Crippen LogP contribution >= 0.6 is 0 Å². The highest BCUT2D eigenvalue weighted by Gasteiger charge is 2.69. The van der Waals surface area contributed by atoms with E-state index in [0.717, 1.165) is 86.5 Å². The van der Waals surface area contributed by atoms with Crippen LogP contribution in [0, 0.1) is 35.5 Å². The molecule has 17 aliphatic rings. The Kier molecular flexibility index (Phi) is 23.1. The van der Waals surface area contributed by atoms with Crippen LogP contribution in [0.3, 0.4) is 0 Å². The lowest BCUT2D eigenvalue weighted by molar-refractivity contribution is -0.292. The van der Waals surface area contributed by atoms with Crippen LogP contribution < -0.4 is 0 Å². The lowest BCUT2D eigenvalue weighted by Gasteiger charge is -2.47. The second-order valence-corrected chi connectivity index (χ2v) is 34.5. The monoisotopic (exact) mass is 1450 g/mol. The van der Waals surface area contributed by atoms with E-state index < -0.39 is 66.8 Å². The van der Waals surface area contributed by atoms with Crippen molar-refractivity contribution in [3.63, 3.8) is 0 Å². The van der Waals surface area contributed by atoms with Gasteiger partial charge in [0, 0.05) is 77.0 Å². The topological polar surface area (TPSA) is 302 Å². The van der Waals surface area contributed by atoms with Gasteiger partial charge >= 0.3 is 0 Å². The fourth-order valence-corrected chi connectivity index (χ4v) is 21.4. The van der Waals surface area contributed by atoms with Gasteiger partial charge in [0.2, 0.25) is 0 Å². The number of ether oxygens (including phenoxy) is 14. The van der Waals surface area contributed by atoms with E-state index in [1.165, 1.54) is 0 Å². The zero-order valence-corrected chi connectivity index (χ0v) is 61.0. The average Bonchev–Trinajstić information content (AvgIpc) is 1.55. The third kappa shape index (κ3) is 15.8. The van der Waals surface area contributed by atoms with Crippen molar-refractivity contribution in [3.8, 4) is 0 Å².